The van der Waals surface area contributed by atoms with Crippen LogP contribution in [0, 0.1) is 11.2 Å². The summed E-state index contributed by atoms with van der Waals surface area (Å²) in [6.45, 7) is 1.68. The van der Waals surface area contributed by atoms with E-state index >= 15 is 0 Å². The second-order valence-electron chi connectivity index (χ2n) is 6.68. The number of aliphatic hydroxyl groups is 1. The van der Waals surface area contributed by atoms with Gasteiger partial charge in [0.2, 0.25) is 0 Å². The van der Waals surface area contributed by atoms with E-state index in [0.717, 1.165) is 24.5 Å². The van der Waals surface area contributed by atoms with Crippen LogP contribution in [0.3, 0.4) is 0 Å². The third-order valence-electron chi connectivity index (χ3n) is 5.00. The smallest absolute Gasteiger partial charge is 0.127 e. The van der Waals surface area contributed by atoms with Crippen molar-refractivity contribution in [1.82, 2.24) is 5.32 Å². The van der Waals surface area contributed by atoms with Gasteiger partial charge in [0.15, 0.2) is 0 Å². The molecule has 0 aliphatic carbocycles. The van der Waals surface area contributed by atoms with Crippen LogP contribution in [0.25, 0.3) is 0 Å². The summed E-state index contributed by atoms with van der Waals surface area (Å²) < 4.78 is 19.0. The van der Waals surface area contributed by atoms with Gasteiger partial charge in [0.05, 0.1) is 6.61 Å². The Morgan fingerprint density at radius 2 is 1.84 bits per heavy atom. The Hall–Kier alpha value is -1.95. The molecular formula is C20H24FNO3. The fraction of sp³-hybridized carbons (Fsp3) is 0.400. The van der Waals surface area contributed by atoms with Crippen molar-refractivity contribution >= 4 is 0 Å². The number of aliphatic hydroxyl groups excluding tert-OH is 1. The van der Waals surface area contributed by atoms with Crippen molar-refractivity contribution < 1.29 is 19.3 Å². The second-order valence-corrected chi connectivity index (χ2v) is 6.68. The normalized spacial score (nSPS) is 18.0. The highest BCUT2D eigenvalue weighted by Crippen LogP contribution is 2.42. The SMILES string of the molecule is OCC1([C@H](NCc2cc(O)cc(F)c2)c2ccccc2)CCOCC1. The minimum Gasteiger partial charge on any atom is -0.508 e. The quantitative estimate of drug-likeness (QED) is 0.753. The van der Waals surface area contributed by atoms with E-state index in [0.29, 0.717) is 25.3 Å². The summed E-state index contributed by atoms with van der Waals surface area (Å²) in [6.07, 6.45) is 1.51. The van der Waals surface area contributed by atoms with Gasteiger partial charge in [-0.2, -0.15) is 0 Å². The predicted octanol–water partition coefficient (Wildman–Crippen LogP) is 3.15. The van der Waals surface area contributed by atoms with Crippen LogP contribution in [-0.4, -0.2) is 30.0 Å². The first-order valence-corrected chi connectivity index (χ1v) is 8.58. The summed E-state index contributed by atoms with van der Waals surface area (Å²) in [6, 6.07) is 13.9. The zero-order valence-electron chi connectivity index (χ0n) is 14.1. The molecule has 1 saturated heterocycles. The van der Waals surface area contributed by atoms with Gasteiger partial charge >= 0.3 is 0 Å². The molecule has 0 unspecified atom stereocenters. The molecule has 3 rings (SSSR count). The van der Waals surface area contributed by atoms with Crippen LogP contribution >= 0.6 is 0 Å². The van der Waals surface area contributed by atoms with Crippen LogP contribution in [0.5, 0.6) is 5.75 Å². The molecule has 0 radical (unpaired) electrons. The number of aromatic hydroxyl groups is 1. The van der Waals surface area contributed by atoms with Gasteiger partial charge in [-0.1, -0.05) is 30.3 Å². The third-order valence-corrected chi connectivity index (χ3v) is 5.00. The minimum absolute atomic E-state index is 0.0529. The molecule has 1 aliphatic rings. The van der Waals surface area contributed by atoms with Crippen molar-refractivity contribution in [2.45, 2.75) is 25.4 Å². The molecule has 0 saturated carbocycles. The van der Waals surface area contributed by atoms with Crippen molar-refractivity contribution in [2.75, 3.05) is 19.8 Å². The van der Waals surface area contributed by atoms with Crippen molar-refractivity contribution in [1.29, 1.82) is 0 Å². The van der Waals surface area contributed by atoms with Gasteiger partial charge in [-0.05, 0) is 36.1 Å². The Morgan fingerprint density at radius 3 is 2.48 bits per heavy atom. The molecular weight excluding hydrogens is 321 g/mol. The number of ether oxygens (including phenoxy) is 1. The maximum atomic E-state index is 13.5. The molecule has 0 spiro atoms. The molecule has 0 aromatic heterocycles. The van der Waals surface area contributed by atoms with Gasteiger partial charge in [0.1, 0.15) is 11.6 Å². The third kappa shape index (κ3) is 4.18. The number of hydrogen-bond acceptors (Lipinski definition) is 4. The Morgan fingerprint density at radius 1 is 1.12 bits per heavy atom. The van der Waals surface area contributed by atoms with E-state index < -0.39 is 5.82 Å². The van der Waals surface area contributed by atoms with Crippen molar-refractivity contribution in [3.05, 3.63) is 65.5 Å². The van der Waals surface area contributed by atoms with Crippen molar-refractivity contribution in [2.24, 2.45) is 5.41 Å². The number of hydrogen-bond donors (Lipinski definition) is 3. The monoisotopic (exact) mass is 345 g/mol. The number of phenols is 1. The van der Waals surface area contributed by atoms with Gasteiger partial charge in [0, 0.05) is 37.3 Å². The van der Waals surface area contributed by atoms with Gasteiger partial charge in [-0.25, -0.2) is 4.39 Å². The number of nitrogens with one attached hydrogen (secondary N) is 1. The summed E-state index contributed by atoms with van der Waals surface area (Å²) >= 11 is 0. The molecule has 5 heteroatoms. The number of benzene rings is 2. The summed E-state index contributed by atoms with van der Waals surface area (Å²) in [4.78, 5) is 0. The summed E-state index contributed by atoms with van der Waals surface area (Å²) in [5.41, 5.74) is 1.42. The fourth-order valence-electron chi connectivity index (χ4n) is 3.60. The van der Waals surface area contributed by atoms with Crippen LogP contribution in [0.1, 0.15) is 30.0 Å². The largest absolute Gasteiger partial charge is 0.508 e. The van der Waals surface area contributed by atoms with Gasteiger partial charge in [-0.15, -0.1) is 0 Å². The molecule has 1 fully saturated rings. The van der Waals surface area contributed by atoms with E-state index in [-0.39, 0.29) is 23.8 Å². The van der Waals surface area contributed by atoms with Gasteiger partial charge in [0.25, 0.3) is 0 Å². The first-order chi connectivity index (χ1) is 12.1. The van der Waals surface area contributed by atoms with Crippen molar-refractivity contribution in [3.8, 4) is 5.75 Å². The Labute approximate surface area is 147 Å². The molecule has 2 aromatic rings. The zero-order valence-corrected chi connectivity index (χ0v) is 14.1. The molecule has 1 aliphatic heterocycles. The molecule has 3 N–H and O–H groups in total. The summed E-state index contributed by atoms with van der Waals surface area (Å²) in [5.74, 6) is -0.549. The van der Waals surface area contributed by atoms with Crippen LogP contribution in [0.4, 0.5) is 4.39 Å². The topological polar surface area (TPSA) is 61.7 Å². The van der Waals surface area contributed by atoms with Crippen LogP contribution in [-0.2, 0) is 11.3 Å². The van der Waals surface area contributed by atoms with E-state index in [2.05, 4.69) is 5.32 Å². The highest BCUT2D eigenvalue weighted by Gasteiger charge is 2.40. The molecule has 2 aromatic carbocycles. The van der Waals surface area contributed by atoms with E-state index in [1.165, 1.54) is 6.07 Å². The average molecular weight is 345 g/mol. The fourth-order valence-corrected chi connectivity index (χ4v) is 3.60. The van der Waals surface area contributed by atoms with Gasteiger partial charge in [-0.3, -0.25) is 0 Å². The van der Waals surface area contributed by atoms with E-state index in [9.17, 15) is 14.6 Å². The zero-order chi connectivity index (χ0) is 17.7. The minimum atomic E-state index is -0.462. The lowest BCUT2D eigenvalue weighted by molar-refractivity contribution is -0.0387. The highest BCUT2D eigenvalue weighted by molar-refractivity contribution is 5.29. The van der Waals surface area contributed by atoms with Crippen molar-refractivity contribution in [3.63, 3.8) is 0 Å². The van der Waals surface area contributed by atoms with Gasteiger partial charge < -0.3 is 20.3 Å². The maximum absolute atomic E-state index is 13.5. The van der Waals surface area contributed by atoms with E-state index in [4.69, 9.17) is 4.74 Å². The molecule has 1 atom stereocenters. The molecule has 0 bridgehead atoms. The maximum Gasteiger partial charge on any atom is 0.127 e. The molecule has 134 valence electrons. The lowest BCUT2D eigenvalue weighted by Gasteiger charge is -2.43. The summed E-state index contributed by atoms with van der Waals surface area (Å²) in [5, 5.41) is 23.2. The Bertz CT molecular complexity index is 666. The lowest BCUT2D eigenvalue weighted by Crippen LogP contribution is -2.44. The highest BCUT2D eigenvalue weighted by atomic mass is 19.1. The lowest BCUT2D eigenvalue weighted by atomic mass is 9.72. The van der Waals surface area contributed by atoms with Crippen LogP contribution < -0.4 is 5.32 Å². The predicted molar refractivity (Wildman–Crippen MR) is 93.7 cm³/mol. The number of rotatable bonds is 6. The average Bonchev–Trinajstić information content (AvgIpc) is 2.63. The second kappa shape index (κ2) is 7.95. The molecule has 0 amide bonds. The van der Waals surface area contributed by atoms with E-state index in [1.807, 2.05) is 30.3 Å². The van der Waals surface area contributed by atoms with Crippen LogP contribution in [0.2, 0.25) is 0 Å². The Kier molecular flexibility index (Phi) is 5.68. The van der Waals surface area contributed by atoms with Crippen LogP contribution in [0.15, 0.2) is 48.5 Å². The summed E-state index contributed by atoms with van der Waals surface area (Å²) in [7, 11) is 0. The molecule has 25 heavy (non-hydrogen) atoms. The first-order valence-electron chi connectivity index (χ1n) is 8.58. The standard InChI is InChI=1S/C20H24FNO3/c21-17-10-15(11-18(24)12-17)13-22-19(16-4-2-1-3-5-16)20(14-23)6-8-25-9-7-20/h1-5,10-12,19,22-24H,6-9,13-14H2/t19-/m1/s1. The Balaban J connectivity index is 1.86. The molecule has 4 nitrogen and oxygen atoms in total. The first kappa shape index (κ1) is 17.9. The van der Waals surface area contributed by atoms with E-state index in [1.54, 1.807) is 6.07 Å². The number of halogens is 1. The molecule has 1 heterocycles. The number of phenolic OH excluding ortho intramolecular Hbond substituents is 1.